The molecule has 0 bridgehead atoms. The summed E-state index contributed by atoms with van der Waals surface area (Å²) in [6.45, 7) is 1.94. The summed E-state index contributed by atoms with van der Waals surface area (Å²) in [4.78, 5) is 17.3. The molecule has 0 fully saturated rings. The van der Waals surface area contributed by atoms with Crippen LogP contribution < -0.4 is 0 Å². The van der Waals surface area contributed by atoms with Gasteiger partial charge in [0.25, 0.3) is 10.0 Å². The first-order valence-electron chi connectivity index (χ1n) is 8.89. The summed E-state index contributed by atoms with van der Waals surface area (Å²) in [7, 11) is -2.67. The van der Waals surface area contributed by atoms with E-state index >= 15 is 0 Å². The van der Waals surface area contributed by atoms with Gasteiger partial charge in [0.1, 0.15) is 5.70 Å². The zero-order chi connectivity index (χ0) is 20.8. The van der Waals surface area contributed by atoms with E-state index in [1.165, 1.54) is 19.2 Å². The van der Waals surface area contributed by atoms with Crippen molar-refractivity contribution in [3.63, 3.8) is 0 Å². The van der Waals surface area contributed by atoms with Crippen LogP contribution in [0, 0.1) is 6.92 Å². The molecule has 1 N–H and O–H groups in total. The number of carbonyl (C=O) groups excluding carboxylic acids is 1. The number of aryl methyl sites for hydroxylation is 1. The molecule has 0 atom stereocenters. The van der Waals surface area contributed by atoms with Gasteiger partial charge < -0.3 is 5.11 Å². The van der Waals surface area contributed by atoms with Crippen LogP contribution in [0.4, 0.5) is 0 Å². The van der Waals surface area contributed by atoms with E-state index in [4.69, 9.17) is 0 Å². The second-order valence-electron chi connectivity index (χ2n) is 6.77. The number of sulfonamides is 1. The Morgan fingerprint density at radius 1 is 1.03 bits per heavy atom. The summed E-state index contributed by atoms with van der Waals surface area (Å²) in [6, 6.07) is 14.8. The Labute approximate surface area is 168 Å². The summed E-state index contributed by atoms with van der Waals surface area (Å²) < 4.78 is 26.5. The minimum absolute atomic E-state index is 0.0312. The van der Waals surface area contributed by atoms with Crippen molar-refractivity contribution in [1.29, 1.82) is 0 Å². The molecule has 0 aliphatic carbocycles. The highest BCUT2D eigenvalue weighted by Gasteiger charge is 2.37. The predicted octanol–water partition coefficient (Wildman–Crippen LogP) is 3.80. The summed E-state index contributed by atoms with van der Waals surface area (Å²) in [6.07, 6.45) is 3.40. The maximum absolute atomic E-state index is 13.2. The van der Waals surface area contributed by atoms with E-state index in [-0.39, 0.29) is 27.5 Å². The number of carbonyl (C=O) groups is 1. The maximum Gasteiger partial charge on any atom is 0.265 e. The monoisotopic (exact) mass is 406 g/mol. The van der Waals surface area contributed by atoms with Crippen molar-refractivity contribution in [2.24, 2.45) is 0 Å². The van der Waals surface area contributed by atoms with E-state index in [0.29, 0.717) is 0 Å². The molecule has 1 aliphatic rings. The Hall–Kier alpha value is -3.45. The van der Waals surface area contributed by atoms with E-state index in [0.717, 1.165) is 21.0 Å². The second kappa shape index (κ2) is 6.86. The van der Waals surface area contributed by atoms with Gasteiger partial charge in [0.15, 0.2) is 5.76 Å². The van der Waals surface area contributed by atoms with Crippen LogP contribution in [0.1, 0.15) is 21.5 Å². The van der Waals surface area contributed by atoms with E-state index in [1.807, 2.05) is 19.1 Å². The molecule has 0 amide bonds. The van der Waals surface area contributed by atoms with Gasteiger partial charge in [0.05, 0.1) is 4.90 Å². The Morgan fingerprint density at radius 3 is 2.55 bits per heavy atom. The fourth-order valence-electron chi connectivity index (χ4n) is 3.41. The Bertz CT molecular complexity index is 1280. The third-order valence-corrected chi connectivity index (χ3v) is 6.83. The van der Waals surface area contributed by atoms with Crippen molar-refractivity contribution >= 4 is 21.6 Å². The van der Waals surface area contributed by atoms with Crippen molar-refractivity contribution in [1.82, 2.24) is 9.29 Å². The molecule has 7 heteroatoms. The van der Waals surface area contributed by atoms with Crippen LogP contribution in [0.15, 0.2) is 77.6 Å². The lowest BCUT2D eigenvalue weighted by atomic mass is 9.98. The highest BCUT2D eigenvalue weighted by atomic mass is 32.2. The first kappa shape index (κ1) is 18.9. The summed E-state index contributed by atoms with van der Waals surface area (Å²) in [5, 5.41) is 10.7. The number of Topliss-reactive ketones (excluding diaryl/α,β-unsaturated/α-hetero) is 1. The Kier molecular flexibility index (Phi) is 4.47. The average Bonchev–Trinajstić information content (AvgIpc) is 2.73. The number of aliphatic hydroxyl groups is 1. The van der Waals surface area contributed by atoms with Gasteiger partial charge in [-0.05, 0) is 42.3 Å². The SMILES string of the molecule is Cc1ccncc1-c1cccc(C(=O)C2=C(O)c3ccccc3S(=O)(=O)N2C)c1. The lowest BCUT2D eigenvalue weighted by Gasteiger charge is -2.28. The molecule has 3 aromatic rings. The number of ketones is 1. The number of aliphatic hydroxyl groups excluding tert-OH is 1. The zero-order valence-electron chi connectivity index (χ0n) is 15.8. The standard InChI is InChI=1S/C22H18N2O4S/c1-14-10-11-23-13-18(14)15-6-5-7-16(12-15)21(25)20-22(26)17-8-3-4-9-19(17)29(27,28)24(20)2/h3-13,26H,1-2H3. The highest BCUT2D eigenvalue weighted by Crippen LogP contribution is 2.36. The lowest BCUT2D eigenvalue weighted by Crippen LogP contribution is -2.35. The van der Waals surface area contributed by atoms with E-state index in [9.17, 15) is 18.3 Å². The molecule has 0 spiro atoms. The Balaban J connectivity index is 1.85. The van der Waals surface area contributed by atoms with Gasteiger partial charge in [-0.15, -0.1) is 0 Å². The number of nitrogens with zero attached hydrogens (tertiary/aromatic N) is 2. The quantitative estimate of drug-likeness (QED) is 0.669. The number of fused-ring (bicyclic) bond motifs is 1. The molecular formula is C22H18N2O4S. The van der Waals surface area contributed by atoms with Gasteiger partial charge in [0, 0.05) is 36.1 Å². The predicted molar refractivity (Wildman–Crippen MR) is 110 cm³/mol. The average molecular weight is 406 g/mol. The number of allylic oxidation sites excluding steroid dienone is 1. The van der Waals surface area contributed by atoms with Gasteiger partial charge >= 0.3 is 0 Å². The number of hydrogen-bond acceptors (Lipinski definition) is 5. The van der Waals surface area contributed by atoms with Gasteiger partial charge in [-0.3, -0.25) is 14.1 Å². The zero-order valence-corrected chi connectivity index (χ0v) is 16.6. The van der Waals surface area contributed by atoms with Crippen molar-refractivity contribution < 1.29 is 18.3 Å². The first-order valence-corrected chi connectivity index (χ1v) is 10.3. The molecular weight excluding hydrogens is 388 g/mol. The summed E-state index contributed by atoms with van der Waals surface area (Å²) in [5.74, 6) is -0.933. The van der Waals surface area contributed by atoms with Crippen LogP contribution in [0.2, 0.25) is 0 Å². The second-order valence-corrected chi connectivity index (χ2v) is 8.70. The number of pyridine rings is 1. The fourth-order valence-corrected chi connectivity index (χ4v) is 4.81. The van der Waals surface area contributed by atoms with Crippen LogP contribution in [0.5, 0.6) is 0 Å². The van der Waals surface area contributed by atoms with Crippen LogP contribution >= 0.6 is 0 Å². The topological polar surface area (TPSA) is 87.6 Å². The number of aromatic nitrogens is 1. The normalized spacial score (nSPS) is 15.2. The van der Waals surface area contributed by atoms with Gasteiger partial charge in [-0.25, -0.2) is 8.42 Å². The molecule has 1 aliphatic heterocycles. The van der Waals surface area contributed by atoms with Crippen molar-refractivity contribution in [2.45, 2.75) is 11.8 Å². The largest absolute Gasteiger partial charge is 0.505 e. The fraction of sp³-hybridized carbons (Fsp3) is 0.0909. The molecule has 2 heterocycles. The first-order chi connectivity index (χ1) is 13.8. The molecule has 0 unspecified atom stereocenters. The smallest absolute Gasteiger partial charge is 0.265 e. The molecule has 0 saturated carbocycles. The third-order valence-electron chi connectivity index (χ3n) is 5.01. The van der Waals surface area contributed by atoms with Crippen molar-refractivity contribution in [3.05, 3.63) is 89.4 Å². The minimum Gasteiger partial charge on any atom is -0.505 e. The molecule has 0 saturated heterocycles. The van der Waals surface area contributed by atoms with Gasteiger partial charge in [0.2, 0.25) is 5.78 Å². The lowest BCUT2D eigenvalue weighted by molar-refractivity contribution is 0.101. The summed E-state index contributed by atoms with van der Waals surface area (Å²) in [5.41, 5.74) is 2.77. The van der Waals surface area contributed by atoms with Crippen molar-refractivity contribution in [3.8, 4) is 11.1 Å². The van der Waals surface area contributed by atoms with E-state index in [1.54, 1.807) is 42.7 Å². The molecule has 2 aromatic carbocycles. The van der Waals surface area contributed by atoms with E-state index in [2.05, 4.69) is 4.98 Å². The number of hydrogen-bond donors (Lipinski definition) is 1. The Morgan fingerprint density at radius 2 is 1.79 bits per heavy atom. The summed E-state index contributed by atoms with van der Waals surface area (Å²) >= 11 is 0. The van der Waals surface area contributed by atoms with E-state index < -0.39 is 15.8 Å². The van der Waals surface area contributed by atoms with Crippen LogP contribution in [-0.2, 0) is 10.0 Å². The van der Waals surface area contributed by atoms with Gasteiger partial charge in [-0.1, -0.05) is 30.3 Å². The number of benzene rings is 2. The minimum atomic E-state index is -3.94. The van der Waals surface area contributed by atoms with Crippen LogP contribution in [0.25, 0.3) is 16.9 Å². The molecule has 1 aromatic heterocycles. The van der Waals surface area contributed by atoms with Gasteiger partial charge in [-0.2, -0.15) is 0 Å². The maximum atomic E-state index is 13.2. The molecule has 146 valence electrons. The third kappa shape index (κ3) is 3.00. The van der Waals surface area contributed by atoms with Crippen LogP contribution in [-0.4, -0.2) is 35.6 Å². The molecule has 6 nitrogen and oxygen atoms in total. The number of likely N-dealkylation sites (N-methyl/N-ethyl adjacent to an activating group) is 1. The number of rotatable bonds is 3. The highest BCUT2D eigenvalue weighted by molar-refractivity contribution is 7.89. The molecule has 4 rings (SSSR count). The molecule has 29 heavy (non-hydrogen) atoms. The van der Waals surface area contributed by atoms with Crippen molar-refractivity contribution in [2.75, 3.05) is 7.05 Å². The molecule has 0 radical (unpaired) electrons. The van der Waals surface area contributed by atoms with Crippen LogP contribution in [0.3, 0.4) is 0 Å².